The van der Waals surface area contributed by atoms with Gasteiger partial charge in [0, 0.05) is 38.2 Å². The Labute approximate surface area is 137 Å². The Bertz CT molecular complexity index is 608. The monoisotopic (exact) mass is 344 g/mol. The number of carbonyl (C=O) groups excluding carboxylic acids is 2. The van der Waals surface area contributed by atoms with Crippen LogP contribution in [0.3, 0.4) is 0 Å². The third-order valence-corrected chi connectivity index (χ3v) is 4.09. The molecular weight excluding hydrogens is 325 g/mol. The van der Waals surface area contributed by atoms with Crippen LogP contribution in [-0.2, 0) is 9.53 Å². The van der Waals surface area contributed by atoms with Crippen molar-refractivity contribution in [2.45, 2.75) is 18.9 Å². The molecular formula is C16H19F3N2O3. The smallest absolute Gasteiger partial charge is 0.241 e. The molecule has 1 unspecified atom stereocenters. The van der Waals surface area contributed by atoms with Crippen LogP contribution in [0.25, 0.3) is 0 Å². The van der Waals surface area contributed by atoms with Crippen LogP contribution in [0.1, 0.15) is 23.2 Å². The largest absolute Gasteiger partial charge is 0.383 e. The SMILES string of the molecule is COCC(N)C(=O)N1CCC(C(=O)c2c(F)cc(F)cc2F)CC1. The van der Waals surface area contributed by atoms with Crippen molar-refractivity contribution in [2.24, 2.45) is 11.7 Å². The van der Waals surface area contributed by atoms with E-state index in [1.165, 1.54) is 12.0 Å². The topological polar surface area (TPSA) is 72.6 Å². The molecule has 1 fully saturated rings. The van der Waals surface area contributed by atoms with Gasteiger partial charge in [-0.25, -0.2) is 13.2 Å². The van der Waals surface area contributed by atoms with Crippen LogP contribution >= 0.6 is 0 Å². The molecule has 0 saturated carbocycles. The molecule has 132 valence electrons. The third kappa shape index (κ3) is 3.93. The Morgan fingerprint density at radius 2 is 1.79 bits per heavy atom. The fourth-order valence-corrected chi connectivity index (χ4v) is 2.83. The first-order chi connectivity index (χ1) is 11.3. The van der Waals surface area contributed by atoms with Gasteiger partial charge in [0.25, 0.3) is 0 Å². The lowest BCUT2D eigenvalue weighted by molar-refractivity contribution is -0.135. The van der Waals surface area contributed by atoms with Crippen molar-refractivity contribution in [2.75, 3.05) is 26.8 Å². The lowest BCUT2D eigenvalue weighted by atomic mass is 9.88. The Kier molecular flexibility index (Phi) is 5.95. The molecule has 0 aromatic heterocycles. The highest BCUT2D eigenvalue weighted by atomic mass is 19.1. The van der Waals surface area contributed by atoms with Gasteiger partial charge in [-0.3, -0.25) is 9.59 Å². The number of hydrogen-bond donors (Lipinski definition) is 1. The van der Waals surface area contributed by atoms with Crippen molar-refractivity contribution in [1.29, 1.82) is 0 Å². The highest BCUT2D eigenvalue weighted by Gasteiger charge is 2.32. The number of amides is 1. The number of piperidine rings is 1. The number of hydrogen-bond acceptors (Lipinski definition) is 4. The van der Waals surface area contributed by atoms with Gasteiger partial charge in [0.05, 0.1) is 12.2 Å². The molecule has 8 heteroatoms. The highest BCUT2D eigenvalue weighted by molar-refractivity contribution is 5.98. The van der Waals surface area contributed by atoms with Gasteiger partial charge in [0.15, 0.2) is 5.78 Å². The summed E-state index contributed by atoms with van der Waals surface area (Å²) in [5.74, 6) is -5.12. The van der Waals surface area contributed by atoms with Crippen molar-refractivity contribution in [3.05, 3.63) is 35.1 Å². The van der Waals surface area contributed by atoms with E-state index in [-0.39, 0.29) is 38.4 Å². The minimum atomic E-state index is -1.21. The van der Waals surface area contributed by atoms with Gasteiger partial charge in [-0.1, -0.05) is 0 Å². The predicted octanol–water partition coefficient (Wildman–Crippen LogP) is 1.50. The first-order valence-electron chi connectivity index (χ1n) is 7.57. The summed E-state index contributed by atoms with van der Waals surface area (Å²) in [6.07, 6.45) is 0.529. The summed E-state index contributed by atoms with van der Waals surface area (Å²) >= 11 is 0. The average Bonchev–Trinajstić information content (AvgIpc) is 2.53. The number of halogens is 3. The predicted molar refractivity (Wildman–Crippen MR) is 79.8 cm³/mol. The number of benzene rings is 1. The Hall–Kier alpha value is -1.93. The van der Waals surface area contributed by atoms with Crippen LogP contribution in [0, 0.1) is 23.4 Å². The van der Waals surface area contributed by atoms with Gasteiger partial charge < -0.3 is 15.4 Å². The number of likely N-dealkylation sites (tertiary alicyclic amines) is 1. The van der Waals surface area contributed by atoms with Crippen LogP contribution in [0.4, 0.5) is 13.2 Å². The molecule has 1 aliphatic rings. The number of nitrogens with two attached hydrogens (primary N) is 1. The molecule has 2 N–H and O–H groups in total. The van der Waals surface area contributed by atoms with Crippen molar-refractivity contribution in [3.63, 3.8) is 0 Å². The van der Waals surface area contributed by atoms with E-state index >= 15 is 0 Å². The molecule has 1 amide bonds. The van der Waals surface area contributed by atoms with E-state index in [0.29, 0.717) is 12.1 Å². The molecule has 24 heavy (non-hydrogen) atoms. The van der Waals surface area contributed by atoms with Gasteiger partial charge >= 0.3 is 0 Å². The molecule has 0 bridgehead atoms. The quantitative estimate of drug-likeness (QED) is 0.822. The molecule has 1 saturated heterocycles. The number of methoxy groups -OCH3 is 1. The Balaban J connectivity index is 2.02. The first-order valence-corrected chi connectivity index (χ1v) is 7.57. The Morgan fingerprint density at radius 1 is 1.25 bits per heavy atom. The van der Waals surface area contributed by atoms with E-state index in [4.69, 9.17) is 10.5 Å². The van der Waals surface area contributed by atoms with Crippen molar-refractivity contribution in [3.8, 4) is 0 Å². The van der Waals surface area contributed by atoms with Crippen LogP contribution in [-0.4, -0.2) is 49.4 Å². The average molecular weight is 344 g/mol. The first kappa shape index (κ1) is 18.4. The van der Waals surface area contributed by atoms with Gasteiger partial charge in [-0.2, -0.15) is 0 Å². The Morgan fingerprint density at radius 3 is 2.29 bits per heavy atom. The zero-order chi connectivity index (χ0) is 17.9. The molecule has 0 spiro atoms. The third-order valence-electron chi connectivity index (χ3n) is 4.09. The number of carbonyl (C=O) groups is 2. The summed E-state index contributed by atoms with van der Waals surface area (Å²) in [6, 6.07) is 0.187. The number of ketones is 1. The zero-order valence-corrected chi connectivity index (χ0v) is 13.2. The fraction of sp³-hybridized carbons (Fsp3) is 0.500. The molecule has 2 rings (SSSR count). The second-order valence-corrected chi connectivity index (χ2v) is 5.77. The van der Waals surface area contributed by atoms with E-state index in [2.05, 4.69) is 0 Å². The molecule has 1 atom stereocenters. The summed E-state index contributed by atoms with van der Waals surface area (Å²) < 4.78 is 45.2. The summed E-state index contributed by atoms with van der Waals surface area (Å²) in [6.45, 7) is 0.609. The fourth-order valence-electron chi connectivity index (χ4n) is 2.83. The second kappa shape index (κ2) is 7.76. The number of rotatable bonds is 5. The lowest BCUT2D eigenvalue weighted by Gasteiger charge is -2.32. The van der Waals surface area contributed by atoms with Gasteiger partial charge in [-0.15, -0.1) is 0 Å². The maximum Gasteiger partial charge on any atom is 0.241 e. The zero-order valence-electron chi connectivity index (χ0n) is 13.2. The summed E-state index contributed by atoms with van der Waals surface area (Å²) in [4.78, 5) is 25.9. The highest BCUT2D eigenvalue weighted by Crippen LogP contribution is 2.25. The second-order valence-electron chi connectivity index (χ2n) is 5.77. The van der Waals surface area contributed by atoms with Crippen LogP contribution < -0.4 is 5.73 Å². The van der Waals surface area contributed by atoms with E-state index in [1.807, 2.05) is 0 Å². The number of Topliss-reactive ketones (excluding diaryl/α,β-unsaturated/α-hetero) is 1. The van der Waals surface area contributed by atoms with Gasteiger partial charge in [0.2, 0.25) is 5.91 Å². The summed E-state index contributed by atoms with van der Waals surface area (Å²) in [5.41, 5.74) is 4.96. The molecule has 0 aliphatic carbocycles. The normalized spacial score (nSPS) is 17.0. The van der Waals surface area contributed by atoms with Crippen LogP contribution in [0.15, 0.2) is 12.1 Å². The van der Waals surface area contributed by atoms with Gasteiger partial charge in [-0.05, 0) is 12.8 Å². The van der Waals surface area contributed by atoms with Crippen molar-refractivity contribution < 1.29 is 27.5 Å². The minimum absolute atomic E-state index is 0.0870. The molecule has 1 aromatic carbocycles. The molecule has 0 radical (unpaired) electrons. The maximum absolute atomic E-state index is 13.7. The summed E-state index contributed by atoms with van der Waals surface area (Å²) in [7, 11) is 1.43. The van der Waals surface area contributed by atoms with Crippen LogP contribution in [0.2, 0.25) is 0 Å². The molecule has 1 aromatic rings. The van der Waals surface area contributed by atoms with Crippen LogP contribution in [0.5, 0.6) is 0 Å². The van der Waals surface area contributed by atoms with E-state index < -0.39 is 40.8 Å². The molecule has 1 heterocycles. The van der Waals surface area contributed by atoms with Gasteiger partial charge in [0.1, 0.15) is 23.5 Å². The van der Waals surface area contributed by atoms with Crippen molar-refractivity contribution in [1.82, 2.24) is 4.90 Å². The molecule has 1 aliphatic heterocycles. The van der Waals surface area contributed by atoms with E-state index in [1.54, 1.807) is 0 Å². The minimum Gasteiger partial charge on any atom is -0.383 e. The van der Waals surface area contributed by atoms with E-state index in [9.17, 15) is 22.8 Å². The standard InChI is InChI=1S/C16H19F3N2O3/c1-24-8-13(20)16(23)21-4-2-9(3-5-21)15(22)14-11(18)6-10(17)7-12(14)19/h6-7,9,13H,2-5,8,20H2,1H3. The number of nitrogens with zero attached hydrogens (tertiary/aromatic N) is 1. The number of ether oxygens (including phenoxy) is 1. The van der Waals surface area contributed by atoms with E-state index in [0.717, 1.165) is 0 Å². The molecule has 5 nitrogen and oxygen atoms in total. The lowest BCUT2D eigenvalue weighted by Crippen LogP contribution is -2.49. The summed E-state index contributed by atoms with van der Waals surface area (Å²) in [5, 5.41) is 0. The maximum atomic E-state index is 13.7. The van der Waals surface area contributed by atoms with Crippen molar-refractivity contribution >= 4 is 11.7 Å².